The summed E-state index contributed by atoms with van der Waals surface area (Å²) in [7, 11) is 2.11. The lowest BCUT2D eigenvalue weighted by Gasteiger charge is -2.19. The minimum absolute atomic E-state index is 0.298. The van der Waals surface area contributed by atoms with Crippen LogP contribution in [0.4, 0.5) is 4.39 Å². The molecule has 1 aliphatic heterocycles. The molecule has 2 heterocycles. The molecule has 1 aromatic carbocycles. The van der Waals surface area contributed by atoms with Crippen molar-refractivity contribution in [3.63, 3.8) is 0 Å². The number of aromatic nitrogens is 2. The number of likely N-dealkylation sites (tertiary alicyclic amines) is 1. The second kappa shape index (κ2) is 5.09. The zero-order valence-electron chi connectivity index (χ0n) is 10.8. The van der Waals surface area contributed by atoms with Crippen LogP contribution in [-0.2, 0) is 0 Å². The van der Waals surface area contributed by atoms with Gasteiger partial charge in [-0.2, -0.15) is 0 Å². The topological polar surface area (TPSA) is 38.2 Å². The highest BCUT2D eigenvalue weighted by molar-refractivity contribution is 5.83. The molecule has 1 aromatic heterocycles. The molecule has 0 bridgehead atoms. The molecule has 19 heavy (non-hydrogen) atoms. The van der Waals surface area contributed by atoms with Crippen LogP contribution in [0, 0.1) is 5.82 Å². The molecule has 1 fully saturated rings. The molecule has 1 saturated heterocycles. The predicted octanol–water partition coefficient (Wildman–Crippen LogP) is 2.24. The van der Waals surface area contributed by atoms with Gasteiger partial charge in [-0.25, -0.2) is 14.4 Å². The summed E-state index contributed by atoms with van der Waals surface area (Å²) in [6, 6.07) is 4.90. The van der Waals surface area contributed by atoms with Gasteiger partial charge in [-0.1, -0.05) is 0 Å². The molecule has 0 aliphatic carbocycles. The van der Waals surface area contributed by atoms with Crippen LogP contribution in [0.1, 0.15) is 12.8 Å². The van der Waals surface area contributed by atoms with E-state index in [4.69, 9.17) is 4.74 Å². The monoisotopic (exact) mass is 261 g/mol. The third-order valence-electron chi connectivity index (χ3n) is 3.65. The van der Waals surface area contributed by atoms with Gasteiger partial charge in [0.05, 0.1) is 10.9 Å². The molecule has 1 aliphatic rings. The maximum atomic E-state index is 13.1. The standard InChI is InChI=1S/C14H16FN3O/c1-18-6-2-3-11(18)8-19-14-12-5-4-10(15)7-13(12)16-9-17-14/h4-5,7,9,11H,2-3,6,8H2,1H3. The van der Waals surface area contributed by atoms with Crippen LogP contribution in [-0.4, -0.2) is 41.1 Å². The number of hydrogen-bond donors (Lipinski definition) is 0. The van der Waals surface area contributed by atoms with E-state index in [0.717, 1.165) is 18.4 Å². The fourth-order valence-electron chi connectivity index (χ4n) is 2.49. The van der Waals surface area contributed by atoms with Gasteiger partial charge in [-0.3, -0.25) is 0 Å². The van der Waals surface area contributed by atoms with Crippen LogP contribution in [0.3, 0.4) is 0 Å². The molecule has 1 atom stereocenters. The highest BCUT2D eigenvalue weighted by Crippen LogP contribution is 2.23. The molecular weight excluding hydrogens is 245 g/mol. The number of ether oxygens (including phenoxy) is 1. The van der Waals surface area contributed by atoms with Crippen molar-refractivity contribution in [3.05, 3.63) is 30.3 Å². The number of fused-ring (bicyclic) bond motifs is 1. The van der Waals surface area contributed by atoms with E-state index in [0.29, 0.717) is 24.0 Å². The van der Waals surface area contributed by atoms with Crippen molar-refractivity contribution in [2.24, 2.45) is 0 Å². The Kier molecular flexibility index (Phi) is 3.29. The zero-order chi connectivity index (χ0) is 13.2. The van der Waals surface area contributed by atoms with E-state index in [1.165, 1.54) is 24.9 Å². The molecule has 0 saturated carbocycles. The van der Waals surface area contributed by atoms with Crippen LogP contribution >= 0.6 is 0 Å². The Hall–Kier alpha value is -1.75. The third-order valence-corrected chi connectivity index (χ3v) is 3.65. The average Bonchev–Trinajstić information content (AvgIpc) is 2.81. The van der Waals surface area contributed by atoms with E-state index in [1.807, 2.05) is 0 Å². The highest BCUT2D eigenvalue weighted by Gasteiger charge is 2.21. The Bertz CT molecular complexity index is 590. The zero-order valence-corrected chi connectivity index (χ0v) is 10.8. The van der Waals surface area contributed by atoms with Crippen LogP contribution in [0.5, 0.6) is 5.88 Å². The molecular formula is C14H16FN3O. The van der Waals surface area contributed by atoms with Crippen molar-refractivity contribution < 1.29 is 9.13 Å². The van der Waals surface area contributed by atoms with Gasteiger partial charge in [0.1, 0.15) is 18.8 Å². The first-order valence-corrected chi connectivity index (χ1v) is 6.47. The van der Waals surface area contributed by atoms with Crippen molar-refractivity contribution in [1.29, 1.82) is 0 Å². The van der Waals surface area contributed by atoms with Gasteiger partial charge in [0.25, 0.3) is 0 Å². The second-order valence-electron chi connectivity index (χ2n) is 4.93. The van der Waals surface area contributed by atoms with E-state index in [2.05, 4.69) is 21.9 Å². The first kappa shape index (κ1) is 12.3. The molecule has 0 N–H and O–H groups in total. The quantitative estimate of drug-likeness (QED) is 0.849. The Labute approximate surface area is 111 Å². The molecule has 5 heteroatoms. The van der Waals surface area contributed by atoms with Crippen molar-refractivity contribution in [3.8, 4) is 5.88 Å². The molecule has 3 rings (SSSR count). The molecule has 0 radical (unpaired) electrons. The summed E-state index contributed by atoms with van der Waals surface area (Å²) in [6.45, 7) is 1.73. The summed E-state index contributed by atoms with van der Waals surface area (Å²) in [5.74, 6) is 0.234. The lowest BCUT2D eigenvalue weighted by molar-refractivity contribution is 0.195. The summed E-state index contributed by atoms with van der Waals surface area (Å²) in [5.41, 5.74) is 0.574. The summed E-state index contributed by atoms with van der Waals surface area (Å²) in [6.07, 6.45) is 3.77. The maximum absolute atomic E-state index is 13.1. The second-order valence-corrected chi connectivity index (χ2v) is 4.93. The summed E-state index contributed by atoms with van der Waals surface area (Å²) >= 11 is 0. The fraction of sp³-hybridized carbons (Fsp3) is 0.429. The van der Waals surface area contributed by atoms with Gasteiger partial charge >= 0.3 is 0 Å². The number of benzene rings is 1. The molecule has 4 nitrogen and oxygen atoms in total. The van der Waals surface area contributed by atoms with E-state index < -0.39 is 0 Å². The van der Waals surface area contributed by atoms with Crippen molar-refractivity contribution >= 4 is 10.9 Å². The molecule has 1 unspecified atom stereocenters. The lowest BCUT2D eigenvalue weighted by atomic mass is 10.2. The van der Waals surface area contributed by atoms with Crippen molar-refractivity contribution in [2.75, 3.05) is 20.2 Å². The first-order chi connectivity index (χ1) is 9.24. The normalized spacial score (nSPS) is 20.0. The lowest BCUT2D eigenvalue weighted by Crippen LogP contribution is -2.30. The number of nitrogens with zero attached hydrogens (tertiary/aromatic N) is 3. The van der Waals surface area contributed by atoms with E-state index in [-0.39, 0.29) is 5.82 Å². The summed E-state index contributed by atoms with van der Waals surface area (Å²) < 4.78 is 18.9. The Balaban J connectivity index is 1.81. The number of halogens is 1. The Morgan fingerprint density at radius 3 is 3.11 bits per heavy atom. The van der Waals surface area contributed by atoms with Gasteiger partial charge in [0, 0.05) is 12.1 Å². The smallest absolute Gasteiger partial charge is 0.224 e. The number of rotatable bonds is 3. The first-order valence-electron chi connectivity index (χ1n) is 6.47. The van der Waals surface area contributed by atoms with Gasteiger partial charge in [-0.05, 0) is 38.6 Å². The Morgan fingerprint density at radius 1 is 1.42 bits per heavy atom. The van der Waals surface area contributed by atoms with Gasteiger partial charge in [0.15, 0.2) is 0 Å². The molecule has 2 aromatic rings. The number of likely N-dealkylation sites (N-methyl/N-ethyl adjacent to an activating group) is 1. The van der Waals surface area contributed by atoms with Gasteiger partial charge in [-0.15, -0.1) is 0 Å². The van der Waals surface area contributed by atoms with Crippen LogP contribution in [0.2, 0.25) is 0 Å². The summed E-state index contributed by atoms with van der Waals surface area (Å²) in [4.78, 5) is 10.5. The number of hydrogen-bond acceptors (Lipinski definition) is 4. The SMILES string of the molecule is CN1CCCC1COc1ncnc2cc(F)ccc12. The highest BCUT2D eigenvalue weighted by atomic mass is 19.1. The Morgan fingerprint density at radius 2 is 2.32 bits per heavy atom. The van der Waals surface area contributed by atoms with E-state index in [1.54, 1.807) is 6.07 Å². The van der Waals surface area contributed by atoms with E-state index >= 15 is 0 Å². The van der Waals surface area contributed by atoms with Crippen molar-refractivity contribution in [1.82, 2.24) is 14.9 Å². The molecule has 0 amide bonds. The molecule has 100 valence electrons. The minimum Gasteiger partial charge on any atom is -0.475 e. The maximum Gasteiger partial charge on any atom is 0.224 e. The van der Waals surface area contributed by atoms with Crippen LogP contribution < -0.4 is 4.74 Å². The van der Waals surface area contributed by atoms with Crippen LogP contribution in [0.25, 0.3) is 10.9 Å². The van der Waals surface area contributed by atoms with Gasteiger partial charge < -0.3 is 9.64 Å². The summed E-state index contributed by atoms with van der Waals surface area (Å²) in [5, 5.41) is 0.754. The predicted molar refractivity (Wildman–Crippen MR) is 70.6 cm³/mol. The molecule has 0 spiro atoms. The fourth-order valence-corrected chi connectivity index (χ4v) is 2.49. The largest absolute Gasteiger partial charge is 0.475 e. The minimum atomic E-state index is -0.298. The third kappa shape index (κ3) is 2.51. The van der Waals surface area contributed by atoms with Crippen LogP contribution in [0.15, 0.2) is 24.5 Å². The van der Waals surface area contributed by atoms with Gasteiger partial charge in [0.2, 0.25) is 5.88 Å². The van der Waals surface area contributed by atoms with Crippen molar-refractivity contribution in [2.45, 2.75) is 18.9 Å². The average molecular weight is 261 g/mol. The van der Waals surface area contributed by atoms with E-state index in [9.17, 15) is 4.39 Å².